The fourth-order valence-corrected chi connectivity index (χ4v) is 2.74. The average Bonchev–Trinajstić information content (AvgIpc) is 2.75. The molecule has 0 atom stereocenters. The molecule has 2 rings (SSSR count). The van der Waals surface area contributed by atoms with Crippen molar-refractivity contribution in [3.63, 3.8) is 0 Å². The van der Waals surface area contributed by atoms with Crippen LogP contribution in [0.4, 0.5) is 11.4 Å². The van der Waals surface area contributed by atoms with Gasteiger partial charge in [0.15, 0.2) is 0 Å². The Balaban J connectivity index is 2.03. The average molecular weight is 261 g/mol. The first kappa shape index (κ1) is 13.9. The maximum absolute atomic E-state index is 12.1. The van der Waals surface area contributed by atoms with Gasteiger partial charge >= 0.3 is 0 Å². The number of rotatable bonds is 4. The fourth-order valence-electron chi connectivity index (χ4n) is 2.74. The van der Waals surface area contributed by atoms with Crippen LogP contribution in [0.1, 0.15) is 32.1 Å². The van der Waals surface area contributed by atoms with Crippen LogP contribution in [-0.4, -0.2) is 25.5 Å². The molecule has 104 valence electrons. The maximum atomic E-state index is 12.1. The van der Waals surface area contributed by atoms with Crippen molar-refractivity contribution >= 4 is 17.3 Å². The smallest absolute Gasteiger partial charge is 0.226 e. The van der Waals surface area contributed by atoms with Crippen molar-refractivity contribution in [1.82, 2.24) is 0 Å². The molecule has 0 aliphatic heterocycles. The van der Waals surface area contributed by atoms with E-state index in [2.05, 4.69) is 5.32 Å². The Labute approximate surface area is 115 Å². The van der Waals surface area contributed by atoms with Crippen molar-refractivity contribution in [2.45, 2.75) is 37.6 Å². The molecule has 1 aliphatic carbocycles. The van der Waals surface area contributed by atoms with Crippen LogP contribution in [0.5, 0.6) is 0 Å². The van der Waals surface area contributed by atoms with Gasteiger partial charge in [0.1, 0.15) is 0 Å². The number of anilines is 2. The van der Waals surface area contributed by atoms with Gasteiger partial charge in [-0.1, -0.05) is 25.0 Å². The first-order valence-corrected chi connectivity index (χ1v) is 6.85. The Morgan fingerprint density at radius 1 is 1.32 bits per heavy atom. The van der Waals surface area contributed by atoms with Gasteiger partial charge in [0.2, 0.25) is 5.91 Å². The molecular weight excluding hydrogens is 238 g/mol. The molecule has 1 fully saturated rings. The van der Waals surface area contributed by atoms with Crippen molar-refractivity contribution in [2.24, 2.45) is 5.73 Å². The van der Waals surface area contributed by atoms with Crippen molar-refractivity contribution in [3.8, 4) is 0 Å². The number of nitrogens with one attached hydrogen (secondary N) is 1. The Kier molecular flexibility index (Phi) is 4.10. The number of hydrogen-bond donors (Lipinski definition) is 2. The zero-order chi connectivity index (χ0) is 13.9. The highest BCUT2D eigenvalue weighted by molar-refractivity contribution is 5.94. The Bertz CT molecular complexity index is 450. The van der Waals surface area contributed by atoms with Crippen LogP contribution in [0.15, 0.2) is 24.3 Å². The van der Waals surface area contributed by atoms with E-state index in [4.69, 9.17) is 5.73 Å². The molecule has 4 heteroatoms. The summed E-state index contributed by atoms with van der Waals surface area (Å²) < 4.78 is 0. The molecule has 1 amide bonds. The first-order chi connectivity index (χ1) is 9.00. The summed E-state index contributed by atoms with van der Waals surface area (Å²) in [6, 6.07) is 7.80. The van der Waals surface area contributed by atoms with E-state index >= 15 is 0 Å². The number of amides is 1. The second kappa shape index (κ2) is 5.61. The molecule has 0 bridgehead atoms. The molecule has 0 spiro atoms. The van der Waals surface area contributed by atoms with E-state index in [1.165, 1.54) is 0 Å². The molecule has 1 aromatic rings. The summed E-state index contributed by atoms with van der Waals surface area (Å²) in [4.78, 5) is 14.1. The van der Waals surface area contributed by atoms with E-state index in [0.29, 0.717) is 6.42 Å². The molecule has 19 heavy (non-hydrogen) atoms. The monoisotopic (exact) mass is 261 g/mol. The van der Waals surface area contributed by atoms with Crippen molar-refractivity contribution in [1.29, 1.82) is 0 Å². The van der Waals surface area contributed by atoms with Crippen LogP contribution < -0.4 is 16.0 Å². The summed E-state index contributed by atoms with van der Waals surface area (Å²) in [6.07, 6.45) is 4.59. The SMILES string of the molecule is CN(C)c1ccccc1NC(=O)CC1(N)CCCC1. The van der Waals surface area contributed by atoms with Gasteiger partial charge in [-0.2, -0.15) is 0 Å². The number of carbonyl (C=O) groups is 1. The molecule has 0 radical (unpaired) electrons. The summed E-state index contributed by atoms with van der Waals surface area (Å²) >= 11 is 0. The quantitative estimate of drug-likeness (QED) is 0.874. The fraction of sp³-hybridized carbons (Fsp3) is 0.533. The third kappa shape index (κ3) is 3.47. The van der Waals surface area contributed by atoms with Gasteiger partial charge in [-0.25, -0.2) is 0 Å². The summed E-state index contributed by atoms with van der Waals surface area (Å²) in [6.45, 7) is 0. The van der Waals surface area contributed by atoms with Crippen LogP contribution in [0.3, 0.4) is 0 Å². The molecule has 1 saturated carbocycles. The summed E-state index contributed by atoms with van der Waals surface area (Å²) in [5.41, 5.74) is 7.80. The van der Waals surface area contributed by atoms with Crippen LogP contribution in [0.25, 0.3) is 0 Å². The molecule has 3 N–H and O–H groups in total. The normalized spacial score (nSPS) is 17.2. The zero-order valence-electron chi connectivity index (χ0n) is 11.8. The predicted octanol–water partition coefficient (Wildman–Crippen LogP) is 2.35. The maximum Gasteiger partial charge on any atom is 0.226 e. The van der Waals surface area contributed by atoms with Crippen molar-refractivity contribution in [2.75, 3.05) is 24.3 Å². The van der Waals surface area contributed by atoms with Crippen LogP contribution >= 0.6 is 0 Å². The number of carbonyl (C=O) groups excluding carboxylic acids is 1. The highest BCUT2D eigenvalue weighted by Gasteiger charge is 2.31. The minimum atomic E-state index is -0.295. The topological polar surface area (TPSA) is 58.4 Å². The summed E-state index contributed by atoms with van der Waals surface area (Å²) in [5, 5.41) is 2.98. The Hall–Kier alpha value is -1.55. The van der Waals surface area contributed by atoms with Gasteiger partial charge in [-0.05, 0) is 25.0 Å². The van der Waals surface area contributed by atoms with Crippen LogP contribution in [-0.2, 0) is 4.79 Å². The minimum Gasteiger partial charge on any atom is -0.376 e. The highest BCUT2D eigenvalue weighted by atomic mass is 16.1. The van der Waals surface area contributed by atoms with Gasteiger partial charge in [0.25, 0.3) is 0 Å². The van der Waals surface area contributed by atoms with Gasteiger partial charge < -0.3 is 16.0 Å². The lowest BCUT2D eigenvalue weighted by molar-refractivity contribution is -0.117. The Morgan fingerprint density at radius 3 is 2.58 bits per heavy atom. The lowest BCUT2D eigenvalue weighted by Gasteiger charge is -2.23. The number of nitrogens with zero attached hydrogens (tertiary/aromatic N) is 1. The number of nitrogens with two attached hydrogens (primary N) is 1. The van der Waals surface area contributed by atoms with Gasteiger partial charge in [-0.3, -0.25) is 4.79 Å². The van der Waals surface area contributed by atoms with E-state index in [1.54, 1.807) is 0 Å². The van der Waals surface area contributed by atoms with E-state index in [1.807, 2.05) is 43.3 Å². The third-order valence-electron chi connectivity index (χ3n) is 3.77. The van der Waals surface area contributed by atoms with Crippen molar-refractivity contribution < 1.29 is 4.79 Å². The molecule has 0 saturated heterocycles. The molecule has 0 unspecified atom stereocenters. The van der Waals surface area contributed by atoms with E-state index in [0.717, 1.165) is 37.1 Å². The second-order valence-corrected chi connectivity index (χ2v) is 5.71. The summed E-state index contributed by atoms with van der Waals surface area (Å²) in [5.74, 6) is 0.0127. The molecular formula is C15H23N3O. The minimum absolute atomic E-state index is 0.0127. The number of para-hydroxylation sites is 2. The molecule has 1 aromatic carbocycles. The zero-order valence-corrected chi connectivity index (χ0v) is 11.8. The summed E-state index contributed by atoms with van der Waals surface area (Å²) in [7, 11) is 3.93. The number of benzene rings is 1. The standard InChI is InChI=1S/C15H23N3O/c1-18(2)13-8-4-3-7-12(13)17-14(19)11-15(16)9-5-6-10-15/h3-4,7-8H,5-6,9-11,16H2,1-2H3,(H,17,19). The van der Waals surface area contributed by atoms with Gasteiger partial charge in [0.05, 0.1) is 11.4 Å². The largest absolute Gasteiger partial charge is 0.376 e. The van der Waals surface area contributed by atoms with Gasteiger partial charge in [0, 0.05) is 26.1 Å². The highest BCUT2D eigenvalue weighted by Crippen LogP contribution is 2.31. The molecule has 4 nitrogen and oxygen atoms in total. The first-order valence-electron chi connectivity index (χ1n) is 6.85. The lowest BCUT2D eigenvalue weighted by atomic mass is 9.94. The van der Waals surface area contributed by atoms with Crippen LogP contribution in [0, 0.1) is 0 Å². The van der Waals surface area contributed by atoms with Crippen molar-refractivity contribution in [3.05, 3.63) is 24.3 Å². The molecule has 1 aliphatic rings. The van der Waals surface area contributed by atoms with Crippen LogP contribution in [0.2, 0.25) is 0 Å². The second-order valence-electron chi connectivity index (χ2n) is 5.71. The number of hydrogen-bond acceptors (Lipinski definition) is 3. The lowest BCUT2D eigenvalue weighted by Crippen LogP contribution is -2.40. The van der Waals surface area contributed by atoms with E-state index in [9.17, 15) is 4.79 Å². The Morgan fingerprint density at radius 2 is 1.95 bits per heavy atom. The third-order valence-corrected chi connectivity index (χ3v) is 3.77. The predicted molar refractivity (Wildman–Crippen MR) is 79.4 cm³/mol. The van der Waals surface area contributed by atoms with Gasteiger partial charge in [-0.15, -0.1) is 0 Å². The molecule has 0 aromatic heterocycles. The van der Waals surface area contributed by atoms with E-state index < -0.39 is 0 Å². The van der Waals surface area contributed by atoms with E-state index in [-0.39, 0.29) is 11.4 Å². The molecule has 0 heterocycles.